The van der Waals surface area contributed by atoms with Crippen LogP contribution in [0, 0.1) is 0 Å². The lowest BCUT2D eigenvalue weighted by molar-refractivity contribution is -0.929. The van der Waals surface area contributed by atoms with Gasteiger partial charge in [-0.05, 0) is 27.8 Å². The van der Waals surface area contributed by atoms with Crippen molar-refractivity contribution in [1.82, 2.24) is 5.01 Å². The maximum absolute atomic E-state index is 4.80. The fourth-order valence-corrected chi connectivity index (χ4v) is 5.32. The molecule has 33 heavy (non-hydrogen) atoms. The lowest BCUT2D eigenvalue weighted by atomic mass is 10.0. The Morgan fingerprint density at radius 2 is 1.18 bits per heavy atom. The number of fused-ring (bicyclic) bond motifs is 3. The topological polar surface area (TPSA) is 20.0 Å². The molecule has 3 nitrogen and oxygen atoms in total. The average Bonchev–Trinajstić information content (AvgIpc) is 3.23. The molecule has 0 spiro atoms. The molecule has 4 aromatic rings. The summed E-state index contributed by atoms with van der Waals surface area (Å²) in [4.78, 5) is 1.64. The van der Waals surface area contributed by atoms with Gasteiger partial charge in [-0.2, -0.15) is 5.10 Å². The molecule has 162 valence electrons. The van der Waals surface area contributed by atoms with Crippen LogP contribution in [0.5, 0.6) is 0 Å². The number of nitrogens with one attached hydrogen (secondary N) is 1. The van der Waals surface area contributed by atoms with Gasteiger partial charge in [0, 0.05) is 11.1 Å². The van der Waals surface area contributed by atoms with Gasteiger partial charge < -0.3 is 4.90 Å². The Labute approximate surface area is 195 Å². The number of piperazine rings is 1. The first kappa shape index (κ1) is 20.0. The summed E-state index contributed by atoms with van der Waals surface area (Å²) in [7, 11) is 0. The van der Waals surface area contributed by atoms with Crippen molar-refractivity contribution >= 4 is 6.21 Å². The van der Waals surface area contributed by atoms with Gasteiger partial charge in [-0.3, -0.25) is 5.01 Å². The van der Waals surface area contributed by atoms with Crippen LogP contribution in [-0.2, 0) is 0 Å². The molecule has 1 N–H and O–H groups in total. The summed E-state index contributed by atoms with van der Waals surface area (Å²) in [5.41, 5.74) is 9.39. The number of benzene rings is 4. The second-order valence-corrected chi connectivity index (χ2v) is 8.95. The fourth-order valence-electron chi connectivity index (χ4n) is 5.32. The molecular formula is C30H28N3+. The van der Waals surface area contributed by atoms with Crippen molar-refractivity contribution in [3.63, 3.8) is 0 Å². The van der Waals surface area contributed by atoms with Crippen LogP contribution in [-0.4, -0.2) is 37.4 Å². The highest BCUT2D eigenvalue weighted by molar-refractivity contribution is 5.81. The summed E-state index contributed by atoms with van der Waals surface area (Å²) in [5.74, 6) is 0. The predicted molar refractivity (Wildman–Crippen MR) is 135 cm³/mol. The number of nitrogens with zero attached hydrogens (tertiary/aromatic N) is 2. The summed E-state index contributed by atoms with van der Waals surface area (Å²) >= 11 is 0. The SMILES string of the molecule is C(=N/N1CC[NH+](C2c3ccccc3-c3ccccc32)CC1)/c1ccc(-c2ccccc2)cc1. The molecule has 1 aliphatic carbocycles. The Hall–Kier alpha value is -3.69. The zero-order valence-electron chi connectivity index (χ0n) is 18.7. The third kappa shape index (κ3) is 3.85. The Balaban J connectivity index is 1.13. The molecule has 0 aromatic heterocycles. The van der Waals surface area contributed by atoms with Crippen molar-refractivity contribution in [2.45, 2.75) is 6.04 Å². The van der Waals surface area contributed by atoms with Crippen LogP contribution >= 0.6 is 0 Å². The van der Waals surface area contributed by atoms with Gasteiger partial charge in [0.2, 0.25) is 0 Å². The van der Waals surface area contributed by atoms with Crippen molar-refractivity contribution in [1.29, 1.82) is 0 Å². The minimum absolute atomic E-state index is 0.439. The number of rotatable bonds is 4. The van der Waals surface area contributed by atoms with Gasteiger partial charge >= 0.3 is 0 Å². The molecule has 1 saturated heterocycles. The number of hydrogen-bond acceptors (Lipinski definition) is 2. The summed E-state index contributed by atoms with van der Waals surface area (Å²) in [6, 6.07) is 37.5. The number of hydrogen-bond donors (Lipinski definition) is 1. The average molecular weight is 431 g/mol. The summed E-state index contributed by atoms with van der Waals surface area (Å²) in [5, 5.41) is 7.02. The Bertz CT molecular complexity index is 1220. The van der Waals surface area contributed by atoms with Gasteiger partial charge in [0.15, 0.2) is 0 Å². The van der Waals surface area contributed by atoms with Crippen LogP contribution in [0.1, 0.15) is 22.7 Å². The first-order chi connectivity index (χ1) is 16.4. The van der Waals surface area contributed by atoms with Gasteiger partial charge in [-0.1, -0.05) is 103 Å². The van der Waals surface area contributed by atoms with Crippen molar-refractivity contribution in [3.8, 4) is 22.3 Å². The van der Waals surface area contributed by atoms with Crippen LogP contribution in [0.15, 0.2) is 108 Å². The highest BCUT2D eigenvalue weighted by Crippen LogP contribution is 2.41. The molecule has 4 aromatic carbocycles. The van der Waals surface area contributed by atoms with Crippen molar-refractivity contribution in [2.24, 2.45) is 5.10 Å². The molecule has 3 heteroatoms. The first-order valence-electron chi connectivity index (χ1n) is 11.8. The van der Waals surface area contributed by atoms with Crippen LogP contribution in [0.4, 0.5) is 0 Å². The van der Waals surface area contributed by atoms with E-state index in [4.69, 9.17) is 5.10 Å². The molecule has 0 atom stereocenters. The molecule has 0 saturated carbocycles. The van der Waals surface area contributed by atoms with E-state index < -0.39 is 0 Å². The zero-order chi connectivity index (χ0) is 22.0. The highest BCUT2D eigenvalue weighted by atomic mass is 15.5. The molecule has 0 amide bonds. The van der Waals surface area contributed by atoms with E-state index in [0.29, 0.717) is 6.04 Å². The van der Waals surface area contributed by atoms with E-state index >= 15 is 0 Å². The molecule has 1 aliphatic heterocycles. The largest absolute Gasteiger partial charge is 0.322 e. The molecule has 6 rings (SSSR count). The monoisotopic (exact) mass is 430 g/mol. The van der Waals surface area contributed by atoms with Crippen molar-refractivity contribution in [2.75, 3.05) is 26.2 Å². The van der Waals surface area contributed by atoms with E-state index in [1.807, 2.05) is 6.21 Å². The molecule has 1 fully saturated rings. The Kier molecular flexibility index (Phi) is 5.25. The molecular weight excluding hydrogens is 402 g/mol. The maximum atomic E-state index is 4.80. The highest BCUT2D eigenvalue weighted by Gasteiger charge is 2.37. The van der Waals surface area contributed by atoms with Crippen LogP contribution in [0.3, 0.4) is 0 Å². The fraction of sp³-hybridized carbons (Fsp3) is 0.167. The normalized spacial score (nSPS) is 16.2. The second kappa shape index (κ2) is 8.68. The zero-order valence-corrected chi connectivity index (χ0v) is 18.7. The molecule has 0 unspecified atom stereocenters. The second-order valence-electron chi connectivity index (χ2n) is 8.95. The third-order valence-electron chi connectivity index (χ3n) is 7.01. The smallest absolute Gasteiger partial charge is 0.140 e. The van der Waals surface area contributed by atoms with E-state index in [2.05, 4.69) is 108 Å². The Morgan fingerprint density at radius 1 is 0.636 bits per heavy atom. The van der Waals surface area contributed by atoms with Crippen LogP contribution in [0.25, 0.3) is 22.3 Å². The maximum Gasteiger partial charge on any atom is 0.140 e. The van der Waals surface area contributed by atoms with E-state index in [1.54, 1.807) is 4.90 Å². The molecule has 0 bridgehead atoms. The minimum atomic E-state index is 0.439. The van der Waals surface area contributed by atoms with Crippen LogP contribution < -0.4 is 4.90 Å². The standard InChI is InChI=1S/C30H27N3/c1-2-8-24(9-3-1)25-16-14-23(15-17-25)22-31-33-20-18-32(19-21-33)30-28-12-6-4-10-26(28)27-11-5-7-13-29(27)30/h1-17,22,30H,18-21H2/p+1/b31-22-. The van der Waals surface area contributed by atoms with E-state index in [9.17, 15) is 0 Å². The van der Waals surface area contributed by atoms with Crippen molar-refractivity contribution in [3.05, 3.63) is 120 Å². The van der Waals surface area contributed by atoms with E-state index in [0.717, 1.165) is 31.7 Å². The van der Waals surface area contributed by atoms with E-state index in [1.165, 1.54) is 33.4 Å². The lowest BCUT2D eigenvalue weighted by Crippen LogP contribution is -3.14. The minimum Gasteiger partial charge on any atom is -0.322 e. The van der Waals surface area contributed by atoms with Gasteiger partial charge in [-0.25, -0.2) is 0 Å². The summed E-state index contributed by atoms with van der Waals surface area (Å²) < 4.78 is 0. The van der Waals surface area contributed by atoms with Gasteiger partial charge in [0.25, 0.3) is 0 Å². The summed E-state index contributed by atoms with van der Waals surface area (Å²) in [6.07, 6.45) is 2.00. The van der Waals surface area contributed by atoms with Crippen LogP contribution in [0.2, 0.25) is 0 Å². The van der Waals surface area contributed by atoms with Gasteiger partial charge in [0.1, 0.15) is 6.04 Å². The number of quaternary nitrogens is 1. The van der Waals surface area contributed by atoms with Gasteiger partial charge in [-0.15, -0.1) is 0 Å². The summed E-state index contributed by atoms with van der Waals surface area (Å²) in [6.45, 7) is 4.15. The Morgan fingerprint density at radius 3 is 1.82 bits per heavy atom. The van der Waals surface area contributed by atoms with E-state index in [-0.39, 0.29) is 0 Å². The van der Waals surface area contributed by atoms with Crippen molar-refractivity contribution < 1.29 is 4.90 Å². The molecule has 2 aliphatic rings. The first-order valence-corrected chi connectivity index (χ1v) is 11.8. The third-order valence-corrected chi connectivity index (χ3v) is 7.01. The number of hydrazone groups is 1. The molecule has 1 heterocycles. The predicted octanol–water partition coefficient (Wildman–Crippen LogP) is 4.66. The lowest BCUT2D eigenvalue weighted by Gasteiger charge is -2.34. The van der Waals surface area contributed by atoms with Gasteiger partial charge in [0.05, 0.1) is 32.4 Å². The molecule has 0 radical (unpaired) electrons. The quantitative estimate of drug-likeness (QED) is 0.467.